The number of carbonyl (C=O) groups excluding carboxylic acids is 1. The summed E-state index contributed by atoms with van der Waals surface area (Å²) in [5.41, 5.74) is 1.37. The Morgan fingerprint density at radius 1 is 1.11 bits per heavy atom. The van der Waals surface area contributed by atoms with Gasteiger partial charge in [-0.1, -0.05) is 41.9 Å². The molecule has 0 unspecified atom stereocenters. The average molecular weight is 399 g/mol. The minimum atomic E-state index is -0.590. The van der Waals surface area contributed by atoms with Gasteiger partial charge in [-0.2, -0.15) is 0 Å². The smallest absolute Gasteiger partial charge is 0.330 e. The van der Waals surface area contributed by atoms with Gasteiger partial charge in [0.1, 0.15) is 5.82 Å². The van der Waals surface area contributed by atoms with Crippen molar-refractivity contribution in [2.24, 2.45) is 0 Å². The molecule has 8 heteroatoms. The Balaban J connectivity index is 1.76. The molecule has 0 aliphatic rings. The van der Waals surface area contributed by atoms with E-state index >= 15 is 0 Å². The van der Waals surface area contributed by atoms with Crippen molar-refractivity contribution in [1.29, 1.82) is 0 Å². The van der Waals surface area contributed by atoms with Gasteiger partial charge in [-0.3, -0.25) is 19.1 Å². The van der Waals surface area contributed by atoms with Crippen LogP contribution in [0.25, 0.3) is 0 Å². The zero-order valence-corrected chi connectivity index (χ0v) is 15.9. The maximum absolute atomic E-state index is 12.4. The third-order valence-electron chi connectivity index (χ3n) is 4.11. The molecule has 3 N–H and O–H groups in total. The zero-order valence-electron chi connectivity index (χ0n) is 15.2. The molecule has 0 spiro atoms. The zero-order chi connectivity index (χ0) is 20.1. The quantitative estimate of drug-likeness (QED) is 0.594. The Morgan fingerprint density at radius 3 is 2.57 bits per heavy atom. The van der Waals surface area contributed by atoms with Crippen molar-refractivity contribution in [1.82, 2.24) is 9.55 Å². The summed E-state index contributed by atoms with van der Waals surface area (Å²) in [4.78, 5) is 38.5. The maximum atomic E-state index is 12.4. The highest BCUT2D eigenvalue weighted by molar-refractivity contribution is 6.30. The Kier molecular flexibility index (Phi) is 5.96. The molecule has 144 valence electrons. The number of nitrogens with zero attached hydrogens (tertiary/aromatic N) is 1. The van der Waals surface area contributed by atoms with E-state index in [1.807, 2.05) is 37.3 Å². The molecule has 0 bridgehead atoms. The van der Waals surface area contributed by atoms with Gasteiger partial charge in [0.2, 0.25) is 5.91 Å². The molecule has 28 heavy (non-hydrogen) atoms. The lowest BCUT2D eigenvalue weighted by Gasteiger charge is -2.14. The number of benzene rings is 2. The molecule has 0 saturated heterocycles. The highest BCUT2D eigenvalue weighted by Crippen LogP contribution is 2.19. The van der Waals surface area contributed by atoms with E-state index in [0.29, 0.717) is 5.02 Å². The lowest BCUT2D eigenvalue weighted by Crippen LogP contribution is -2.34. The second-order valence-electron chi connectivity index (χ2n) is 6.26. The Bertz CT molecular complexity index is 1110. The lowest BCUT2D eigenvalue weighted by atomic mass is 10.2. The van der Waals surface area contributed by atoms with E-state index in [2.05, 4.69) is 15.6 Å². The standard InChI is InChI=1S/C20H19ClN4O3/c1-13-9-15(21)7-8-16(13)22-11-19(27)23-17-10-18(26)24-20(28)25(17)12-14-5-3-2-4-6-14/h2-10,22H,11-12H2,1H3,(H,23,27)(H,24,26,28). The van der Waals surface area contributed by atoms with Crippen LogP contribution in [0.2, 0.25) is 5.02 Å². The highest BCUT2D eigenvalue weighted by atomic mass is 35.5. The molecule has 0 saturated carbocycles. The number of aromatic amines is 1. The first-order valence-corrected chi connectivity index (χ1v) is 8.98. The minimum Gasteiger partial charge on any atom is -0.376 e. The van der Waals surface area contributed by atoms with E-state index in [0.717, 1.165) is 16.8 Å². The van der Waals surface area contributed by atoms with Gasteiger partial charge in [-0.15, -0.1) is 0 Å². The van der Waals surface area contributed by atoms with Crippen molar-refractivity contribution in [3.63, 3.8) is 0 Å². The predicted octanol–water partition coefficient (Wildman–Crippen LogP) is 2.60. The summed E-state index contributed by atoms with van der Waals surface area (Å²) in [5.74, 6) is -0.251. The van der Waals surface area contributed by atoms with Gasteiger partial charge >= 0.3 is 5.69 Å². The number of anilines is 2. The summed E-state index contributed by atoms with van der Waals surface area (Å²) in [6.07, 6.45) is 0. The predicted molar refractivity (Wildman–Crippen MR) is 110 cm³/mol. The molecule has 2 aromatic carbocycles. The highest BCUT2D eigenvalue weighted by Gasteiger charge is 2.11. The number of nitrogens with one attached hydrogen (secondary N) is 3. The molecule has 3 rings (SSSR count). The third-order valence-corrected chi connectivity index (χ3v) is 4.35. The Morgan fingerprint density at radius 2 is 1.86 bits per heavy atom. The van der Waals surface area contributed by atoms with Crippen molar-refractivity contribution in [2.45, 2.75) is 13.5 Å². The first kappa shape index (κ1) is 19.4. The molecule has 7 nitrogen and oxygen atoms in total. The fourth-order valence-electron chi connectivity index (χ4n) is 2.73. The number of rotatable bonds is 6. The van der Waals surface area contributed by atoms with Gasteiger partial charge in [-0.05, 0) is 36.2 Å². The number of aromatic nitrogens is 2. The SMILES string of the molecule is Cc1cc(Cl)ccc1NCC(=O)Nc1cc(=O)[nH]c(=O)n1Cc1ccccc1. The molecule has 1 heterocycles. The number of hydrogen-bond acceptors (Lipinski definition) is 4. The van der Waals surface area contributed by atoms with E-state index in [1.54, 1.807) is 18.2 Å². The van der Waals surface area contributed by atoms with Crippen LogP contribution in [0.1, 0.15) is 11.1 Å². The van der Waals surface area contributed by atoms with Crippen LogP contribution in [-0.4, -0.2) is 22.0 Å². The Labute approximate surface area is 166 Å². The van der Waals surface area contributed by atoms with Gasteiger partial charge in [-0.25, -0.2) is 4.79 Å². The summed E-state index contributed by atoms with van der Waals surface area (Å²) in [6.45, 7) is 2.06. The maximum Gasteiger partial charge on any atom is 0.330 e. The molecule has 0 radical (unpaired) electrons. The van der Waals surface area contributed by atoms with E-state index in [9.17, 15) is 14.4 Å². The van der Waals surface area contributed by atoms with Gasteiger partial charge in [0.05, 0.1) is 13.1 Å². The third kappa shape index (κ3) is 4.89. The van der Waals surface area contributed by atoms with Crippen molar-refractivity contribution >= 4 is 29.0 Å². The molecule has 1 aromatic heterocycles. The minimum absolute atomic E-state index is 0.0329. The van der Waals surface area contributed by atoms with E-state index in [1.165, 1.54) is 10.6 Å². The van der Waals surface area contributed by atoms with Crippen molar-refractivity contribution in [3.8, 4) is 0 Å². The van der Waals surface area contributed by atoms with Crippen LogP contribution in [0.15, 0.2) is 64.2 Å². The van der Waals surface area contributed by atoms with Crippen LogP contribution >= 0.6 is 11.6 Å². The van der Waals surface area contributed by atoms with Crippen LogP contribution in [0.4, 0.5) is 11.5 Å². The van der Waals surface area contributed by atoms with Gasteiger partial charge in [0, 0.05) is 16.8 Å². The van der Waals surface area contributed by atoms with Crippen molar-refractivity contribution < 1.29 is 4.79 Å². The average Bonchev–Trinajstić information content (AvgIpc) is 2.64. The summed E-state index contributed by atoms with van der Waals surface area (Å²) in [6, 6.07) is 15.8. The van der Waals surface area contributed by atoms with Crippen LogP contribution < -0.4 is 21.9 Å². The molecule has 0 aliphatic carbocycles. The molecule has 0 fully saturated rings. The van der Waals surface area contributed by atoms with Crippen LogP contribution in [0.5, 0.6) is 0 Å². The summed E-state index contributed by atoms with van der Waals surface area (Å²) >= 11 is 5.93. The normalized spacial score (nSPS) is 10.5. The van der Waals surface area contributed by atoms with E-state index < -0.39 is 11.2 Å². The first-order chi connectivity index (χ1) is 13.4. The summed E-state index contributed by atoms with van der Waals surface area (Å²) < 4.78 is 1.31. The van der Waals surface area contributed by atoms with Crippen LogP contribution in [0.3, 0.4) is 0 Å². The molecule has 0 atom stereocenters. The van der Waals surface area contributed by atoms with Gasteiger partial charge in [0.25, 0.3) is 5.56 Å². The van der Waals surface area contributed by atoms with Gasteiger partial charge in [0.15, 0.2) is 0 Å². The lowest BCUT2D eigenvalue weighted by molar-refractivity contribution is -0.114. The van der Waals surface area contributed by atoms with E-state index in [-0.39, 0.29) is 24.8 Å². The summed E-state index contributed by atoms with van der Waals surface area (Å²) in [7, 11) is 0. The number of aryl methyl sites for hydroxylation is 1. The fourth-order valence-corrected chi connectivity index (χ4v) is 2.96. The first-order valence-electron chi connectivity index (χ1n) is 8.60. The fraction of sp³-hybridized carbons (Fsp3) is 0.150. The van der Waals surface area contributed by atoms with Gasteiger partial charge < -0.3 is 10.6 Å². The molecular formula is C20H19ClN4O3. The molecule has 0 aliphatic heterocycles. The largest absolute Gasteiger partial charge is 0.376 e. The van der Waals surface area contributed by atoms with E-state index in [4.69, 9.17) is 11.6 Å². The number of halogens is 1. The number of H-pyrrole nitrogens is 1. The topological polar surface area (TPSA) is 96.0 Å². The number of amides is 1. The number of hydrogen-bond donors (Lipinski definition) is 3. The Hall–Kier alpha value is -3.32. The second-order valence-corrected chi connectivity index (χ2v) is 6.69. The van der Waals surface area contributed by atoms with Crippen molar-refractivity contribution in [3.05, 3.63) is 91.6 Å². The second kappa shape index (κ2) is 8.58. The van der Waals surface area contributed by atoms with Crippen LogP contribution in [0, 0.1) is 6.92 Å². The molecular weight excluding hydrogens is 380 g/mol. The summed E-state index contributed by atoms with van der Waals surface area (Å²) in [5, 5.41) is 6.26. The number of carbonyl (C=O) groups is 1. The molecule has 3 aromatic rings. The van der Waals surface area contributed by atoms with Crippen molar-refractivity contribution in [2.75, 3.05) is 17.2 Å². The van der Waals surface area contributed by atoms with Crippen LogP contribution in [-0.2, 0) is 11.3 Å². The monoisotopic (exact) mass is 398 g/mol. The molecule has 1 amide bonds.